The van der Waals surface area contributed by atoms with Gasteiger partial charge in [-0.05, 0) is 6.92 Å². The number of hydrogen-bond donors (Lipinski definition) is 0. The van der Waals surface area contributed by atoms with E-state index in [1.807, 2.05) is 0 Å². The zero-order valence-corrected chi connectivity index (χ0v) is 7.03. The molecule has 0 amide bonds. The Kier molecular flexibility index (Phi) is 2.42. The molecule has 0 aromatic rings. The van der Waals surface area contributed by atoms with Crippen LogP contribution in [0.1, 0.15) is 6.92 Å². The molecular weight excluding hydrogens is 176 g/mol. The smallest absolute Gasteiger partial charge is 0.449 e. The van der Waals surface area contributed by atoms with Gasteiger partial charge in [0.25, 0.3) is 0 Å². The summed E-state index contributed by atoms with van der Waals surface area (Å²) in [5, 5.41) is 0. The first kappa shape index (κ1) is 9.39. The third-order valence-electron chi connectivity index (χ3n) is 1.49. The second-order valence-electron chi connectivity index (χ2n) is 2.65. The molecule has 5 nitrogen and oxygen atoms in total. The van der Waals surface area contributed by atoms with Crippen LogP contribution in [0.4, 0.5) is 4.79 Å². The van der Waals surface area contributed by atoms with Crippen LogP contribution in [0.15, 0.2) is 0 Å². The van der Waals surface area contributed by atoms with Crippen molar-refractivity contribution < 1.29 is 23.8 Å². The number of esters is 1. The minimum Gasteiger partial charge on any atom is -0.449 e. The predicted molar refractivity (Wildman–Crippen MR) is 40.6 cm³/mol. The minimum absolute atomic E-state index is 0.144. The molecular formula is C8H8O5. The van der Waals surface area contributed by atoms with Gasteiger partial charge in [-0.3, -0.25) is 0 Å². The molecule has 5 heteroatoms. The van der Waals surface area contributed by atoms with E-state index in [0.29, 0.717) is 0 Å². The van der Waals surface area contributed by atoms with Crippen LogP contribution >= 0.6 is 0 Å². The highest BCUT2D eigenvalue weighted by Crippen LogP contribution is 2.20. The van der Waals surface area contributed by atoms with E-state index in [-0.39, 0.29) is 13.2 Å². The van der Waals surface area contributed by atoms with Gasteiger partial charge in [-0.1, -0.05) is 5.92 Å². The van der Waals surface area contributed by atoms with E-state index < -0.39 is 17.7 Å². The van der Waals surface area contributed by atoms with Gasteiger partial charge in [-0.25, -0.2) is 9.59 Å². The molecule has 70 valence electrons. The van der Waals surface area contributed by atoms with Crippen molar-refractivity contribution in [3.05, 3.63) is 0 Å². The van der Waals surface area contributed by atoms with Crippen molar-refractivity contribution in [2.24, 2.45) is 0 Å². The summed E-state index contributed by atoms with van der Waals surface area (Å²) in [5.41, 5.74) is -1.35. The number of terminal acetylenes is 1. The number of carbonyl (C=O) groups is 2. The maximum absolute atomic E-state index is 11.2. The topological polar surface area (TPSA) is 61.8 Å². The third kappa shape index (κ3) is 1.90. The molecule has 0 bridgehead atoms. The summed E-state index contributed by atoms with van der Waals surface area (Å²) >= 11 is 0. The summed E-state index contributed by atoms with van der Waals surface area (Å²) in [6.07, 6.45) is 4.00. The highest BCUT2D eigenvalue weighted by Gasteiger charge is 2.46. The number of rotatable bonds is 2. The summed E-state index contributed by atoms with van der Waals surface area (Å²) in [7, 11) is 0. The lowest BCUT2D eigenvalue weighted by molar-refractivity contribution is -0.158. The quantitative estimate of drug-likeness (QED) is 0.449. The van der Waals surface area contributed by atoms with Crippen LogP contribution in [-0.4, -0.2) is 30.9 Å². The molecule has 0 spiro atoms. The maximum atomic E-state index is 11.2. The van der Waals surface area contributed by atoms with Gasteiger partial charge in [0, 0.05) is 0 Å². The van der Waals surface area contributed by atoms with Crippen LogP contribution in [0.2, 0.25) is 0 Å². The molecule has 0 saturated carbocycles. The fourth-order valence-corrected chi connectivity index (χ4v) is 0.800. The van der Waals surface area contributed by atoms with Crippen LogP contribution in [0.5, 0.6) is 0 Å². The van der Waals surface area contributed by atoms with Gasteiger partial charge in [0.2, 0.25) is 5.60 Å². The van der Waals surface area contributed by atoms with Crippen LogP contribution in [-0.2, 0) is 19.0 Å². The Morgan fingerprint density at radius 1 is 1.85 bits per heavy atom. The fraction of sp³-hybridized carbons (Fsp3) is 0.500. The molecule has 1 atom stereocenters. The van der Waals surface area contributed by atoms with Gasteiger partial charge >= 0.3 is 12.1 Å². The van der Waals surface area contributed by atoms with Crippen molar-refractivity contribution in [3.63, 3.8) is 0 Å². The lowest BCUT2D eigenvalue weighted by Gasteiger charge is -2.15. The first-order chi connectivity index (χ1) is 6.08. The van der Waals surface area contributed by atoms with Crippen molar-refractivity contribution in [1.29, 1.82) is 0 Å². The van der Waals surface area contributed by atoms with E-state index in [4.69, 9.17) is 6.42 Å². The van der Waals surface area contributed by atoms with Crippen molar-refractivity contribution in [3.8, 4) is 12.3 Å². The Hall–Kier alpha value is -1.70. The summed E-state index contributed by atoms with van der Waals surface area (Å²) in [6.45, 7) is 1.11. The first-order valence-electron chi connectivity index (χ1n) is 3.55. The van der Waals surface area contributed by atoms with Gasteiger partial charge < -0.3 is 14.2 Å². The largest absolute Gasteiger partial charge is 0.509 e. The molecule has 1 fully saturated rings. The highest BCUT2D eigenvalue weighted by molar-refractivity contribution is 5.83. The van der Waals surface area contributed by atoms with Gasteiger partial charge in [-0.15, -0.1) is 6.42 Å². The Labute approximate surface area is 75.0 Å². The van der Waals surface area contributed by atoms with Crippen LogP contribution in [0.3, 0.4) is 0 Å². The number of carbonyl (C=O) groups excluding carboxylic acids is 2. The average molecular weight is 184 g/mol. The van der Waals surface area contributed by atoms with Crippen LogP contribution in [0, 0.1) is 12.3 Å². The minimum atomic E-state index is -1.35. The summed E-state index contributed by atoms with van der Waals surface area (Å²) in [5.74, 6) is 1.43. The Morgan fingerprint density at radius 3 is 3.00 bits per heavy atom. The SMILES string of the molecule is C#CCOC(=O)C1(C)COC(=O)O1. The van der Waals surface area contributed by atoms with Gasteiger partial charge in [0.15, 0.2) is 6.61 Å². The average Bonchev–Trinajstić information content (AvgIpc) is 2.43. The van der Waals surface area contributed by atoms with Gasteiger partial charge in [0.05, 0.1) is 0 Å². The molecule has 1 unspecified atom stereocenters. The lowest BCUT2D eigenvalue weighted by Crippen LogP contribution is -2.39. The van der Waals surface area contributed by atoms with Crippen molar-refractivity contribution in [2.45, 2.75) is 12.5 Å². The summed E-state index contributed by atoms with van der Waals surface area (Å²) < 4.78 is 13.7. The van der Waals surface area contributed by atoms with Crippen molar-refractivity contribution in [2.75, 3.05) is 13.2 Å². The third-order valence-corrected chi connectivity index (χ3v) is 1.49. The zero-order valence-electron chi connectivity index (χ0n) is 7.03. The summed E-state index contributed by atoms with van der Waals surface area (Å²) in [6, 6.07) is 0. The Bertz CT molecular complexity index is 277. The molecule has 0 aromatic heterocycles. The number of hydrogen-bond acceptors (Lipinski definition) is 5. The second kappa shape index (κ2) is 3.35. The monoisotopic (exact) mass is 184 g/mol. The second-order valence-corrected chi connectivity index (χ2v) is 2.65. The van der Waals surface area contributed by atoms with E-state index in [1.165, 1.54) is 6.92 Å². The molecule has 0 aliphatic carbocycles. The Morgan fingerprint density at radius 2 is 2.54 bits per heavy atom. The molecule has 13 heavy (non-hydrogen) atoms. The Balaban J connectivity index is 2.56. The van der Waals surface area contributed by atoms with E-state index in [0.717, 1.165) is 0 Å². The number of ether oxygens (including phenoxy) is 3. The maximum Gasteiger partial charge on any atom is 0.509 e. The zero-order chi connectivity index (χ0) is 9.90. The molecule has 1 heterocycles. The molecule has 0 N–H and O–H groups in total. The van der Waals surface area contributed by atoms with Crippen LogP contribution < -0.4 is 0 Å². The van der Waals surface area contributed by atoms with Crippen LogP contribution in [0.25, 0.3) is 0 Å². The normalized spacial score (nSPS) is 25.7. The van der Waals surface area contributed by atoms with E-state index in [9.17, 15) is 9.59 Å². The fourth-order valence-electron chi connectivity index (χ4n) is 0.800. The van der Waals surface area contributed by atoms with Crippen molar-refractivity contribution in [1.82, 2.24) is 0 Å². The molecule has 1 aliphatic rings. The lowest BCUT2D eigenvalue weighted by atomic mass is 10.1. The summed E-state index contributed by atoms with van der Waals surface area (Å²) in [4.78, 5) is 21.7. The van der Waals surface area contributed by atoms with E-state index in [1.54, 1.807) is 0 Å². The standard InChI is InChI=1S/C8H8O5/c1-3-4-11-6(9)8(2)5-12-7(10)13-8/h1H,4-5H2,2H3. The van der Waals surface area contributed by atoms with E-state index in [2.05, 4.69) is 20.1 Å². The van der Waals surface area contributed by atoms with Crippen molar-refractivity contribution >= 4 is 12.1 Å². The first-order valence-corrected chi connectivity index (χ1v) is 3.55. The molecule has 0 radical (unpaired) electrons. The van der Waals surface area contributed by atoms with Gasteiger partial charge in [-0.2, -0.15) is 0 Å². The molecule has 0 aromatic carbocycles. The molecule has 1 rings (SSSR count). The molecule has 1 saturated heterocycles. The number of cyclic esters (lactones) is 2. The van der Waals surface area contributed by atoms with E-state index >= 15 is 0 Å². The predicted octanol–water partition coefficient (Wildman–Crippen LogP) is 0.0883. The molecule has 1 aliphatic heterocycles. The van der Waals surface area contributed by atoms with Gasteiger partial charge in [0.1, 0.15) is 6.61 Å². The highest BCUT2D eigenvalue weighted by atomic mass is 16.8.